The van der Waals surface area contributed by atoms with E-state index < -0.39 is 53.9 Å². The van der Waals surface area contributed by atoms with Crippen molar-refractivity contribution in [3.05, 3.63) is 95.5 Å². The van der Waals surface area contributed by atoms with Gasteiger partial charge >= 0.3 is 0 Å². The monoisotopic (exact) mass is 413 g/mol. The fourth-order valence-electron chi connectivity index (χ4n) is 3.73. The number of nitrogens with zero attached hydrogens (tertiary/aromatic N) is 1. The number of rotatable bonds is 6. The smallest absolute Gasteiger partial charge is 0.233 e. The van der Waals surface area contributed by atoms with Gasteiger partial charge in [-0.3, -0.25) is 4.79 Å². The van der Waals surface area contributed by atoms with E-state index in [0.717, 1.165) is 0 Å². The minimum Gasteiger partial charge on any atom is -0.508 e. The molecule has 1 amide bonds. The number of phenols is 1. The Morgan fingerprint density at radius 1 is 0.967 bits per heavy atom. The number of hydrogen-bond donors (Lipinski definition) is 2. The van der Waals surface area contributed by atoms with Crippen LogP contribution in [0.1, 0.15) is 41.6 Å². The van der Waals surface area contributed by atoms with Crippen LogP contribution in [0.2, 0.25) is 0 Å². The molecule has 0 saturated carbocycles. The summed E-state index contributed by atoms with van der Waals surface area (Å²) in [5.74, 6) is -2.55. The number of β-lactam (4-membered cyclic amide) rings is 1. The maximum absolute atomic E-state index is 13.8. The number of benzene rings is 3. The molecule has 0 aromatic heterocycles. The van der Waals surface area contributed by atoms with Gasteiger partial charge in [-0.2, -0.15) is 0 Å². The van der Waals surface area contributed by atoms with Crippen LogP contribution < -0.4 is 4.90 Å². The average molecular weight is 413 g/mol. The summed E-state index contributed by atoms with van der Waals surface area (Å²) in [6.45, 7) is 0. The van der Waals surface area contributed by atoms with Gasteiger partial charge in [0.05, 0.1) is 23.5 Å². The van der Waals surface area contributed by atoms with Gasteiger partial charge in [-0.15, -0.1) is 0 Å². The van der Waals surface area contributed by atoms with E-state index in [9.17, 15) is 23.8 Å². The third-order valence-corrected chi connectivity index (χ3v) is 5.25. The van der Waals surface area contributed by atoms with Crippen LogP contribution >= 0.6 is 0 Å². The molecule has 0 spiro atoms. The molecule has 3 unspecified atom stereocenters. The number of aromatic hydroxyl groups is 1. The molecule has 154 valence electrons. The molecule has 1 aliphatic heterocycles. The van der Waals surface area contributed by atoms with Gasteiger partial charge in [0.25, 0.3) is 0 Å². The van der Waals surface area contributed by atoms with Crippen LogP contribution in [0.5, 0.6) is 5.75 Å². The third-order valence-electron chi connectivity index (χ3n) is 5.25. The summed E-state index contributed by atoms with van der Waals surface area (Å²) in [6.07, 6.45) is -1.37. The molecule has 1 aliphatic rings. The van der Waals surface area contributed by atoms with Crippen LogP contribution in [0.4, 0.5) is 14.5 Å². The van der Waals surface area contributed by atoms with Crippen molar-refractivity contribution in [1.29, 1.82) is 0 Å². The highest BCUT2D eigenvalue weighted by Crippen LogP contribution is 2.46. The average Bonchev–Trinajstić information content (AvgIpc) is 2.82. The summed E-state index contributed by atoms with van der Waals surface area (Å²) < 4.78 is 58.3. The van der Waals surface area contributed by atoms with Crippen LogP contribution in [0.3, 0.4) is 0 Å². The van der Waals surface area contributed by atoms with Gasteiger partial charge in [-0.05, 0) is 72.5 Å². The van der Waals surface area contributed by atoms with E-state index in [2.05, 4.69) is 0 Å². The lowest BCUT2D eigenvalue weighted by Gasteiger charge is -2.48. The Labute approximate surface area is 178 Å². The third kappa shape index (κ3) is 3.91. The zero-order valence-electron chi connectivity index (χ0n) is 19.8. The van der Waals surface area contributed by atoms with E-state index in [4.69, 9.17) is 5.48 Å². The molecule has 4 nitrogen and oxygen atoms in total. The molecule has 3 atom stereocenters. The first kappa shape index (κ1) is 15.6. The highest BCUT2D eigenvalue weighted by atomic mass is 19.1. The molecule has 4 rings (SSSR count). The SMILES string of the molecule is [2H]c1c([2H])c(C(O)CCC2C(=O)N(c3ccc(F)cc3)C2c2ccc(O)cc2)c([2H])c([2H])c1F. The van der Waals surface area contributed by atoms with Gasteiger partial charge in [-0.25, -0.2) is 8.78 Å². The molecule has 3 aromatic rings. The van der Waals surface area contributed by atoms with Crippen molar-refractivity contribution in [3.8, 4) is 5.75 Å². The fraction of sp³-hybridized carbons (Fsp3) is 0.208. The first-order valence-electron chi connectivity index (χ1n) is 11.4. The van der Waals surface area contributed by atoms with E-state index >= 15 is 0 Å². The number of anilines is 1. The normalized spacial score (nSPS) is 21.3. The Morgan fingerprint density at radius 3 is 2.23 bits per heavy atom. The van der Waals surface area contributed by atoms with Crippen LogP contribution in [-0.4, -0.2) is 16.1 Å². The zero-order valence-corrected chi connectivity index (χ0v) is 15.8. The molecule has 0 bridgehead atoms. The van der Waals surface area contributed by atoms with Gasteiger partial charge in [0.15, 0.2) is 0 Å². The number of hydrogen-bond acceptors (Lipinski definition) is 3. The first-order valence-corrected chi connectivity index (χ1v) is 9.43. The lowest BCUT2D eigenvalue weighted by molar-refractivity contribution is -0.131. The molecule has 3 aromatic carbocycles. The summed E-state index contributed by atoms with van der Waals surface area (Å²) in [5.41, 5.74) is 0.881. The number of aliphatic hydroxyl groups excluding tert-OH is 1. The minimum absolute atomic E-state index is 0.0503. The van der Waals surface area contributed by atoms with Crippen molar-refractivity contribution in [1.82, 2.24) is 0 Å². The van der Waals surface area contributed by atoms with Gasteiger partial charge in [0, 0.05) is 5.69 Å². The van der Waals surface area contributed by atoms with Crippen molar-refractivity contribution in [2.45, 2.75) is 25.0 Å². The maximum Gasteiger partial charge on any atom is 0.233 e. The highest BCUT2D eigenvalue weighted by Gasteiger charge is 2.48. The number of aliphatic hydroxyl groups is 1. The van der Waals surface area contributed by atoms with Gasteiger partial charge in [0.2, 0.25) is 5.91 Å². The van der Waals surface area contributed by atoms with Crippen LogP contribution in [0, 0.1) is 17.6 Å². The fourth-order valence-corrected chi connectivity index (χ4v) is 3.73. The van der Waals surface area contributed by atoms with Crippen molar-refractivity contribution in [2.75, 3.05) is 4.90 Å². The molecular weight excluding hydrogens is 388 g/mol. The highest BCUT2D eigenvalue weighted by molar-refractivity contribution is 6.03. The van der Waals surface area contributed by atoms with E-state index in [0.29, 0.717) is 11.3 Å². The first-order chi connectivity index (χ1) is 16.1. The predicted octanol–water partition coefficient (Wildman–Crippen LogP) is 4.89. The Bertz CT molecular complexity index is 1210. The van der Waals surface area contributed by atoms with E-state index in [1.54, 1.807) is 12.1 Å². The molecule has 1 saturated heterocycles. The summed E-state index contributed by atoms with van der Waals surface area (Å²) in [7, 11) is 0. The molecular formula is C24H21F2NO3. The van der Waals surface area contributed by atoms with Crippen molar-refractivity contribution >= 4 is 11.6 Å². The number of carbonyl (C=O) groups excluding carboxylic acids is 1. The van der Waals surface area contributed by atoms with Gasteiger partial charge in [0.1, 0.15) is 17.4 Å². The topological polar surface area (TPSA) is 60.8 Å². The second kappa shape index (κ2) is 8.24. The second-order valence-corrected chi connectivity index (χ2v) is 7.15. The molecule has 0 aliphatic carbocycles. The molecule has 1 fully saturated rings. The lowest BCUT2D eigenvalue weighted by Crippen LogP contribution is -2.55. The largest absolute Gasteiger partial charge is 0.508 e. The Hall–Kier alpha value is -3.25. The maximum atomic E-state index is 13.8. The minimum atomic E-state index is -1.44. The van der Waals surface area contributed by atoms with E-state index in [-0.39, 0.29) is 30.1 Å². The van der Waals surface area contributed by atoms with Crippen molar-refractivity contribution < 1.29 is 29.3 Å². The Balaban J connectivity index is 1.60. The molecule has 1 heterocycles. The van der Waals surface area contributed by atoms with E-state index in [1.807, 2.05) is 0 Å². The Morgan fingerprint density at radius 2 is 1.60 bits per heavy atom. The van der Waals surface area contributed by atoms with Crippen molar-refractivity contribution in [2.24, 2.45) is 5.92 Å². The van der Waals surface area contributed by atoms with Crippen LogP contribution in [0.25, 0.3) is 0 Å². The van der Waals surface area contributed by atoms with Crippen LogP contribution in [0.15, 0.2) is 72.7 Å². The molecule has 2 N–H and O–H groups in total. The number of amides is 1. The molecule has 0 radical (unpaired) electrons. The van der Waals surface area contributed by atoms with Gasteiger partial charge < -0.3 is 15.1 Å². The predicted molar refractivity (Wildman–Crippen MR) is 109 cm³/mol. The lowest BCUT2D eigenvalue weighted by atomic mass is 9.78. The summed E-state index contributed by atoms with van der Waals surface area (Å²) in [6, 6.07) is 8.22. The van der Waals surface area contributed by atoms with Crippen LogP contribution in [-0.2, 0) is 4.79 Å². The Kier molecular flexibility index (Phi) is 4.28. The van der Waals surface area contributed by atoms with Crippen molar-refractivity contribution in [3.63, 3.8) is 0 Å². The number of carbonyl (C=O) groups is 1. The standard InChI is InChI=1S/C24H21F2NO3/c25-17-5-1-15(2-6-17)22(29)14-13-21-23(16-3-11-20(28)12-4-16)27(24(21)30)19-9-7-18(26)8-10-19/h1-12,21-23,28-29H,13-14H2/i1D,2D,5D,6D. The number of halogens is 2. The summed E-state index contributed by atoms with van der Waals surface area (Å²) >= 11 is 0. The van der Waals surface area contributed by atoms with Gasteiger partial charge in [-0.1, -0.05) is 24.2 Å². The molecule has 6 heteroatoms. The summed E-state index contributed by atoms with van der Waals surface area (Å²) in [5, 5.41) is 20.3. The molecule has 30 heavy (non-hydrogen) atoms. The zero-order chi connectivity index (χ0) is 24.7. The quantitative estimate of drug-likeness (QED) is 0.566. The second-order valence-electron chi connectivity index (χ2n) is 7.15. The van der Waals surface area contributed by atoms with E-state index in [1.165, 1.54) is 41.3 Å². The number of phenolic OH excluding ortho intramolecular Hbond substituents is 1. The summed E-state index contributed by atoms with van der Waals surface area (Å²) in [4.78, 5) is 14.5.